The fourth-order valence-electron chi connectivity index (χ4n) is 3.13. The molecule has 0 aromatic heterocycles. The zero-order chi connectivity index (χ0) is 22.6. The lowest BCUT2D eigenvalue weighted by atomic mass is 10.0. The predicted octanol–water partition coefficient (Wildman–Crippen LogP) is 5.60. The van der Waals surface area contributed by atoms with E-state index < -0.39 is 17.7 Å². The van der Waals surface area contributed by atoms with Crippen LogP contribution in [0.1, 0.15) is 42.3 Å². The van der Waals surface area contributed by atoms with Crippen LogP contribution in [0.5, 0.6) is 5.75 Å². The highest BCUT2D eigenvalue weighted by molar-refractivity contribution is 6.10. The maximum atomic E-state index is 12.8. The number of fused-ring (bicyclic) bond motifs is 1. The van der Waals surface area contributed by atoms with E-state index in [1.54, 1.807) is 45.0 Å². The summed E-state index contributed by atoms with van der Waals surface area (Å²) in [6.45, 7) is 7.45. The van der Waals surface area contributed by atoms with Gasteiger partial charge in [-0.05, 0) is 39.3 Å². The van der Waals surface area contributed by atoms with Crippen LogP contribution in [0.4, 0.5) is 10.5 Å². The van der Waals surface area contributed by atoms with E-state index in [0.717, 1.165) is 5.56 Å². The highest BCUT2D eigenvalue weighted by Gasteiger charge is 2.21. The molecule has 0 saturated heterocycles. The molecular formula is C25H27NO5. The van der Waals surface area contributed by atoms with E-state index in [9.17, 15) is 14.7 Å². The van der Waals surface area contributed by atoms with E-state index in [1.165, 1.54) is 11.6 Å². The number of aromatic hydroxyl groups is 1. The molecule has 3 rings (SSSR count). The number of nitrogens with one attached hydrogen (secondary N) is 1. The van der Waals surface area contributed by atoms with Crippen molar-refractivity contribution in [3.05, 3.63) is 71.3 Å². The number of anilines is 1. The summed E-state index contributed by atoms with van der Waals surface area (Å²) >= 11 is 0. The SMILES string of the molecule is Cc1ccc(CCOC(=O)c2cc(NC(=O)OC(C)(C)C)c(O)c3ccccc23)cc1. The Kier molecular flexibility index (Phi) is 6.49. The van der Waals surface area contributed by atoms with Crippen LogP contribution in [0.2, 0.25) is 0 Å². The lowest BCUT2D eigenvalue weighted by Gasteiger charge is -2.20. The van der Waals surface area contributed by atoms with Crippen molar-refractivity contribution in [1.82, 2.24) is 0 Å². The Morgan fingerprint density at radius 3 is 2.29 bits per heavy atom. The van der Waals surface area contributed by atoms with Gasteiger partial charge in [0.15, 0.2) is 0 Å². The maximum Gasteiger partial charge on any atom is 0.412 e. The molecule has 6 nitrogen and oxygen atoms in total. The number of phenols is 1. The molecule has 0 unspecified atom stereocenters. The molecule has 3 aromatic carbocycles. The van der Waals surface area contributed by atoms with Gasteiger partial charge in [0.1, 0.15) is 11.4 Å². The zero-order valence-electron chi connectivity index (χ0n) is 18.2. The first kappa shape index (κ1) is 22.2. The van der Waals surface area contributed by atoms with Crippen LogP contribution in [0.25, 0.3) is 10.8 Å². The summed E-state index contributed by atoms with van der Waals surface area (Å²) in [4.78, 5) is 25.0. The largest absolute Gasteiger partial charge is 0.505 e. The molecule has 0 spiro atoms. The quantitative estimate of drug-likeness (QED) is 0.414. The monoisotopic (exact) mass is 421 g/mol. The van der Waals surface area contributed by atoms with Gasteiger partial charge in [-0.15, -0.1) is 0 Å². The van der Waals surface area contributed by atoms with Crippen LogP contribution >= 0.6 is 0 Å². The van der Waals surface area contributed by atoms with Crippen molar-refractivity contribution in [2.45, 2.75) is 39.7 Å². The molecule has 31 heavy (non-hydrogen) atoms. The van der Waals surface area contributed by atoms with E-state index in [0.29, 0.717) is 17.2 Å². The maximum absolute atomic E-state index is 12.8. The van der Waals surface area contributed by atoms with Crippen molar-refractivity contribution in [3.8, 4) is 5.75 Å². The normalized spacial score (nSPS) is 11.2. The van der Waals surface area contributed by atoms with Crippen molar-refractivity contribution in [3.63, 3.8) is 0 Å². The summed E-state index contributed by atoms with van der Waals surface area (Å²) in [6, 6.07) is 16.4. The standard InChI is InChI=1S/C25H27NO5/c1-16-9-11-17(12-10-16)13-14-30-23(28)20-15-21(26-24(29)31-25(2,3)4)22(27)19-8-6-5-7-18(19)20/h5-12,15,27H,13-14H2,1-4H3,(H,26,29). The molecule has 162 valence electrons. The third-order valence-corrected chi connectivity index (χ3v) is 4.62. The number of rotatable bonds is 5. The lowest BCUT2D eigenvalue weighted by molar-refractivity contribution is 0.0510. The number of hydrogen-bond donors (Lipinski definition) is 2. The van der Waals surface area contributed by atoms with E-state index in [2.05, 4.69) is 5.32 Å². The van der Waals surface area contributed by atoms with E-state index in [1.807, 2.05) is 31.2 Å². The first-order valence-electron chi connectivity index (χ1n) is 10.1. The molecule has 2 N–H and O–H groups in total. The number of aryl methyl sites for hydroxylation is 1. The summed E-state index contributed by atoms with van der Waals surface area (Å²) in [5, 5.41) is 14.1. The van der Waals surface area contributed by atoms with Gasteiger partial charge in [0.25, 0.3) is 0 Å². The van der Waals surface area contributed by atoms with Crippen molar-refractivity contribution in [1.29, 1.82) is 0 Å². The molecule has 0 aliphatic heterocycles. The molecular weight excluding hydrogens is 394 g/mol. The molecule has 1 amide bonds. The van der Waals surface area contributed by atoms with E-state index in [-0.39, 0.29) is 23.6 Å². The highest BCUT2D eigenvalue weighted by atomic mass is 16.6. The molecule has 3 aromatic rings. The average molecular weight is 421 g/mol. The molecule has 0 aliphatic carbocycles. The summed E-state index contributed by atoms with van der Waals surface area (Å²) in [5.41, 5.74) is 1.87. The number of carbonyl (C=O) groups excluding carboxylic acids is 2. The second-order valence-electron chi connectivity index (χ2n) is 8.36. The van der Waals surface area contributed by atoms with Gasteiger partial charge in [-0.1, -0.05) is 54.1 Å². The van der Waals surface area contributed by atoms with Crippen molar-refractivity contribution in [2.75, 3.05) is 11.9 Å². The Hall–Kier alpha value is -3.54. The van der Waals surface area contributed by atoms with Gasteiger partial charge in [0.2, 0.25) is 0 Å². The number of hydrogen-bond acceptors (Lipinski definition) is 5. The second kappa shape index (κ2) is 9.08. The predicted molar refractivity (Wildman–Crippen MR) is 121 cm³/mol. The van der Waals surface area contributed by atoms with Crippen molar-refractivity contribution < 1.29 is 24.2 Å². The first-order chi connectivity index (χ1) is 14.6. The zero-order valence-corrected chi connectivity index (χ0v) is 18.2. The van der Waals surface area contributed by atoms with Crippen LogP contribution in [0, 0.1) is 6.92 Å². The Morgan fingerprint density at radius 2 is 1.65 bits per heavy atom. The van der Waals surface area contributed by atoms with Gasteiger partial charge in [0.05, 0.1) is 17.9 Å². The van der Waals surface area contributed by atoms with Crippen LogP contribution < -0.4 is 5.32 Å². The van der Waals surface area contributed by atoms with Gasteiger partial charge in [-0.25, -0.2) is 9.59 Å². The highest BCUT2D eigenvalue weighted by Crippen LogP contribution is 2.36. The summed E-state index contributed by atoms with van der Waals surface area (Å²) in [6.07, 6.45) is -0.137. The van der Waals surface area contributed by atoms with Crippen LogP contribution in [0.15, 0.2) is 54.6 Å². The Morgan fingerprint density at radius 1 is 1.00 bits per heavy atom. The van der Waals surface area contributed by atoms with Gasteiger partial charge in [0, 0.05) is 17.2 Å². The summed E-state index contributed by atoms with van der Waals surface area (Å²) < 4.78 is 10.7. The fraction of sp³-hybridized carbons (Fsp3) is 0.280. The average Bonchev–Trinajstić information content (AvgIpc) is 2.70. The number of esters is 1. The number of benzene rings is 3. The molecule has 0 radical (unpaired) electrons. The minimum Gasteiger partial charge on any atom is -0.505 e. The molecule has 0 bridgehead atoms. The molecule has 0 atom stereocenters. The number of ether oxygens (including phenoxy) is 2. The smallest absolute Gasteiger partial charge is 0.412 e. The second-order valence-corrected chi connectivity index (χ2v) is 8.36. The Balaban J connectivity index is 1.82. The van der Waals surface area contributed by atoms with Gasteiger partial charge in [-0.2, -0.15) is 0 Å². The summed E-state index contributed by atoms with van der Waals surface area (Å²) in [5.74, 6) is -0.673. The molecule has 0 heterocycles. The third-order valence-electron chi connectivity index (χ3n) is 4.62. The number of amides is 1. The van der Waals surface area contributed by atoms with Gasteiger partial charge in [-0.3, -0.25) is 5.32 Å². The Bertz CT molecular complexity index is 1100. The third kappa shape index (κ3) is 5.75. The molecule has 0 fully saturated rings. The molecule has 0 saturated carbocycles. The van der Waals surface area contributed by atoms with Gasteiger partial charge >= 0.3 is 12.1 Å². The van der Waals surface area contributed by atoms with Gasteiger partial charge < -0.3 is 14.6 Å². The van der Waals surface area contributed by atoms with Crippen LogP contribution in [-0.4, -0.2) is 29.4 Å². The fourth-order valence-corrected chi connectivity index (χ4v) is 3.13. The van der Waals surface area contributed by atoms with E-state index in [4.69, 9.17) is 9.47 Å². The van der Waals surface area contributed by atoms with Crippen molar-refractivity contribution in [2.24, 2.45) is 0 Å². The molecule has 6 heteroatoms. The Labute approximate surface area is 181 Å². The van der Waals surface area contributed by atoms with Crippen molar-refractivity contribution >= 4 is 28.5 Å². The topological polar surface area (TPSA) is 84.9 Å². The summed E-state index contributed by atoms with van der Waals surface area (Å²) in [7, 11) is 0. The minimum absolute atomic E-state index is 0.0819. The van der Waals surface area contributed by atoms with Crippen LogP contribution in [0.3, 0.4) is 0 Å². The number of phenolic OH excluding ortho intramolecular Hbond substituents is 1. The molecule has 0 aliphatic rings. The lowest BCUT2D eigenvalue weighted by Crippen LogP contribution is -2.27. The number of carbonyl (C=O) groups is 2. The first-order valence-corrected chi connectivity index (χ1v) is 10.1. The van der Waals surface area contributed by atoms with E-state index >= 15 is 0 Å². The van der Waals surface area contributed by atoms with Crippen LogP contribution in [-0.2, 0) is 15.9 Å². The minimum atomic E-state index is -0.725.